The summed E-state index contributed by atoms with van der Waals surface area (Å²) in [4.78, 5) is 19.5. The van der Waals surface area contributed by atoms with Crippen LogP contribution < -0.4 is 10.2 Å². The van der Waals surface area contributed by atoms with Gasteiger partial charge in [0.2, 0.25) is 0 Å². The summed E-state index contributed by atoms with van der Waals surface area (Å²) in [6.45, 7) is 10.9. The first-order chi connectivity index (χ1) is 10.8. The third-order valence-corrected chi connectivity index (χ3v) is 6.96. The topological polar surface area (TPSA) is 80.3 Å². The first-order valence-corrected chi connectivity index (χ1v) is 12.2. The Balaban J connectivity index is -0.000000264. The predicted octanol–water partition coefficient (Wildman–Crippen LogP) is 2.53. The summed E-state index contributed by atoms with van der Waals surface area (Å²) in [6, 6.07) is 0. The van der Waals surface area contributed by atoms with Crippen LogP contribution in [0.15, 0.2) is 23.3 Å². The van der Waals surface area contributed by atoms with Gasteiger partial charge >= 0.3 is 69.5 Å². The van der Waals surface area contributed by atoms with Gasteiger partial charge in [-0.15, -0.1) is 0 Å². The van der Waals surface area contributed by atoms with Crippen molar-refractivity contribution in [3.63, 3.8) is 0 Å². The van der Waals surface area contributed by atoms with Gasteiger partial charge in [0.1, 0.15) is 0 Å². The number of hydrogen-bond donors (Lipinski definition) is 0. The van der Waals surface area contributed by atoms with Gasteiger partial charge < -0.3 is 19.8 Å². The molecule has 0 radical (unpaired) electrons. The van der Waals surface area contributed by atoms with Crippen molar-refractivity contribution in [1.29, 1.82) is 0 Å². The number of carboxylic acids is 2. The Morgan fingerprint density at radius 2 is 1.13 bits per heavy atom. The molecule has 0 rings (SSSR count). The minimum atomic E-state index is -1.09. The van der Waals surface area contributed by atoms with Crippen LogP contribution in [0.4, 0.5) is 0 Å². The third-order valence-electron chi connectivity index (χ3n) is 2.92. The average Bonchev–Trinajstić information content (AvgIpc) is 2.54. The van der Waals surface area contributed by atoms with Crippen molar-refractivity contribution in [2.75, 3.05) is 0 Å². The fraction of sp³-hybridized carbons (Fsp3) is 0.667. The second-order valence-electron chi connectivity index (χ2n) is 4.98. The van der Waals surface area contributed by atoms with Crippen molar-refractivity contribution in [2.24, 2.45) is 0 Å². The number of unbranched alkanes of at least 4 members (excludes halogenated alkanes) is 2. The van der Waals surface area contributed by atoms with Crippen LogP contribution in [-0.2, 0) is 9.59 Å². The van der Waals surface area contributed by atoms with Gasteiger partial charge in [0.25, 0.3) is 0 Å². The molecule has 0 atom stereocenters. The fourth-order valence-corrected chi connectivity index (χ4v) is 5.12. The first-order valence-electron chi connectivity index (χ1n) is 8.17. The Labute approximate surface area is 152 Å². The van der Waals surface area contributed by atoms with Crippen LogP contribution in [0, 0.1) is 0 Å². The third kappa shape index (κ3) is 26.4. The van der Waals surface area contributed by atoms with E-state index in [9.17, 15) is 19.8 Å². The van der Waals surface area contributed by atoms with E-state index in [0.29, 0.717) is 0 Å². The van der Waals surface area contributed by atoms with E-state index in [1.165, 1.54) is 51.7 Å². The van der Waals surface area contributed by atoms with Crippen LogP contribution in [-0.4, -0.2) is 33.1 Å². The molecule has 0 N–H and O–H groups in total. The van der Waals surface area contributed by atoms with Gasteiger partial charge in [-0.25, -0.2) is 0 Å². The molecule has 0 aromatic carbocycles. The van der Waals surface area contributed by atoms with E-state index in [-0.39, 0.29) is 32.3 Å². The monoisotopic (exact) mass is 432 g/mol. The van der Waals surface area contributed by atoms with Gasteiger partial charge in [-0.3, -0.25) is 0 Å². The second-order valence-corrected chi connectivity index (χ2v) is 9.26. The molecule has 0 saturated carbocycles. The minimum absolute atomic E-state index is 0.149. The Kier molecular flexibility index (Phi) is 25.0. The summed E-state index contributed by atoms with van der Waals surface area (Å²) in [5.41, 5.74) is 0.556. The molecule has 0 heterocycles. The summed E-state index contributed by atoms with van der Waals surface area (Å²) in [5, 5.41) is 19.5. The van der Waals surface area contributed by atoms with Gasteiger partial charge in [0.15, 0.2) is 0 Å². The molecule has 0 amide bonds. The zero-order chi connectivity index (χ0) is 18.7. The van der Waals surface area contributed by atoms with Gasteiger partial charge in [0, 0.05) is 0 Å². The van der Waals surface area contributed by atoms with E-state index in [4.69, 9.17) is 0 Å². The Hall–Kier alpha value is -0.781. The van der Waals surface area contributed by atoms with Gasteiger partial charge in [-0.1, -0.05) is 12.2 Å². The van der Waals surface area contributed by atoms with Crippen LogP contribution in [0.5, 0.6) is 0 Å². The average molecular weight is 431 g/mol. The molecule has 0 fully saturated rings. The van der Waals surface area contributed by atoms with Gasteiger partial charge in [-0.2, -0.15) is 0 Å². The Bertz CT molecular complexity index is 326. The normalized spacial score (nSPS) is 10.5. The molecule has 0 saturated heterocycles. The number of carboxylic acid groups (broad SMARTS) is 2. The molecular formula is C18H32O4Sn. The van der Waals surface area contributed by atoms with Crippen LogP contribution in [0.25, 0.3) is 0 Å². The summed E-state index contributed by atoms with van der Waals surface area (Å²) >= 11 is 0.149. The van der Waals surface area contributed by atoms with E-state index in [1.54, 1.807) is 22.7 Å². The SMILES string of the molecule is CC=C(C)C(=O)[O-].CC=C(C)C(=O)[O-].CCC[CH2][Sn+2][CH2]CCC. The van der Waals surface area contributed by atoms with Crippen molar-refractivity contribution in [1.82, 2.24) is 0 Å². The standard InChI is InChI=1S/2C5H8O2.2C4H9.Sn/c2*1-3-4(2)5(6)7;2*1-3-4-2;/h2*3H,1-2H3,(H,6,7);2*1,3-4H2,2H3;/q;;;;+2/p-2. The van der Waals surface area contributed by atoms with Crippen molar-refractivity contribution in [2.45, 2.75) is 76.1 Å². The Morgan fingerprint density at radius 1 is 0.826 bits per heavy atom. The molecular weight excluding hydrogens is 399 g/mol. The number of aliphatic carboxylic acids is 2. The van der Waals surface area contributed by atoms with Crippen LogP contribution in [0.2, 0.25) is 8.87 Å². The molecule has 0 aliphatic rings. The molecule has 0 aromatic rings. The summed E-state index contributed by atoms with van der Waals surface area (Å²) < 4.78 is 3.25. The van der Waals surface area contributed by atoms with Crippen LogP contribution >= 0.6 is 0 Å². The van der Waals surface area contributed by atoms with Crippen molar-refractivity contribution < 1.29 is 19.8 Å². The fourth-order valence-electron chi connectivity index (χ4n) is 0.964. The van der Waals surface area contributed by atoms with E-state index in [1.807, 2.05) is 0 Å². The van der Waals surface area contributed by atoms with E-state index in [2.05, 4.69) is 13.8 Å². The molecule has 4 nitrogen and oxygen atoms in total. The molecule has 0 bridgehead atoms. The maximum absolute atomic E-state index is 9.75. The zero-order valence-corrected chi connectivity index (χ0v) is 18.4. The number of rotatable bonds is 8. The molecule has 0 spiro atoms. The number of carbonyl (C=O) groups is 2. The van der Waals surface area contributed by atoms with Crippen LogP contribution in [0.3, 0.4) is 0 Å². The molecule has 0 aromatic heterocycles. The number of allylic oxidation sites excluding steroid dienone is 2. The van der Waals surface area contributed by atoms with E-state index < -0.39 is 11.9 Å². The number of carbonyl (C=O) groups excluding carboxylic acids is 2. The zero-order valence-electron chi connectivity index (χ0n) is 15.5. The molecule has 23 heavy (non-hydrogen) atoms. The Morgan fingerprint density at radius 3 is 1.26 bits per heavy atom. The van der Waals surface area contributed by atoms with Crippen LogP contribution in [0.1, 0.15) is 67.2 Å². The molecule has 0 unspecified atom stereocenters. The summed E-state index contributed by atoms with van der Waals surface area (Å²) in [6.07, 6.45) is 8.83. The van der Waals surface area contributed by atoms with E-state index >= 15 is 0 Å². The van der Waals surface area contributed by atoms with E-state index in [0.717, 1.165) is 0 Å². The van der Waals surface area contributed by atoms with Crippen molar-refractivity contribution in [3.8, 4) is 0 Å². The predicted molar refractivity (Wildman–Crippen MR) is 94.1 cm³/mol. The van der Waals surface area contributed by atoms with Crippen molar-refractivity contribution in [3.05, 3.63) is 23.3 Å². The summed E-state index contributed by atoms with van der Waals surface area (Å²) in [7, 11) is 0. The van der Waals surface area contributed by atoms with Gasteiger partial charge in [-0.05, 0) is 38.8 Å². The number of hydrogen-bond acceptors (Lipinski definition) is 4. The molecule has 0 aliphatic carbocycles. The first kappa shape index (κ1) is 27.1. The van der Waals surface area contributed by atoms with Gasteiger partial charge in [0.05, 0.1) is 11.9 Å². The quantitative estimate of drug-likeness (QED) is 0.336. The summed E-state index contributed by atoms with van der Waals surface area (Å²) in [5.74, 6) is -2.19. The molecule has 5 heteroatoms. The second kappa shape index (κ2) is 21.2. The molecule has 132 valence electrons. The van der Waals surface area contributed by atoms with Crippen molar-refractivity contribution >= 4 is 33.1 Å². The molecule has 0 aliphatic heterocycles. The maximum atomic E-state index is 9.75.